The van der Waals surface area contributed by atoms with Gasteiger partial charge in [0.2, 0.25) is 0 Å². The first-order valence-electron chi connectivity index (χ1n) is 5.56. The monoisotopic (exact) mass is 260 g/mol. The smallest absolute Gasteiger partial charge is 0.293 e. The van der Waals surface area contributed by atoms with Gasteiger partial charge in [-0.25, -0.2) is 0 Å². The lowest BCUT2D eigenvalue weighted by atomic mass is 10.2. The van der Waals surface area contributed by atoms with E-state index in [1.54, 1.807) is 17.9 Å². The van der Waals surface area contributed by atoms with Crippen LogP contribution in [0.15, 0.2) is 30.5 Å². The number of hydrogen-bond donors (Lipinski definition) is 1. The zero-order valence-corrected chi connectivity index (χ0v) is 10.2. The van der Waals surface area contributed by atoms with Crippen molar-refractivity contribution in [2.45, 2.75) is 6.54 Å². The fraction of sp³-hybridized carbons (Fsp3) is 0.167. The molecule has 0 unspecified atom stereocenters. The van der Waals surface area contributed by atoms with Crippen molar-refractivity contribution in [3.63, 3.8) is 0 Å². The number of carbonyl (C=O) groups is 1. The van der Waals surface area contributed by atoms with Crippen molar-refractivity contribution in [3.8, 4) is 0 Å². The zero-order chi connectivity index (χ0) is 13.8. The van der Waals surface area contributed by atoms with Gasteiger partial charge in [0, 0.05) is 24.9 Å². The number of nitro benzene ring substituents is 1. The summed E-state index contributed by atoms with van der Waals surface area (Å²) in [5.41, 5.74) is 1.43. The van der Waals surface area contributed by atoms with Gasteiger partial charge in [-0.1, -0.05) is 0 Å². The molecule has 2 aromatic rings. The first-order chi connectivity index (χ1) is 9.11. The van der Waals surface area contributed by atoms with Crippen molar-refractivity contribution >= 4 is 17.7 Å². The molecule has 0 spiro atoms. The van der Waals surface area contributed by atoms with Crippen LogP contribution >= 0.6 is 0 Å². The molecular formula is C12H12N4O3. The van der Waals surface area contributed by atoms with Gasteiger partial charge in [-0.3, -0.25) is 19.6 Å². The lowest BCUT2D eigenvalue weighted by Gasteiger charge is -2.07. The maximum absolute atomic E-state index is 11.0. The summed E-state index contributed by atoms with van der Waals surface area (Å²) < 4.78 is 1.68. The Hall–Kier alpha value is -2.70. The van der Waals surface area contributed by atoms with Crippen LogP contribution in [0.4, 0.5) is 11.4 Å². The predicted molar refractivity (Wildman–Crippen MR) is 69.0 cm³/mol. The molecule has 0 amide bonds. The van der Waals surface area contributed by atoms with Crippen LogP contribution < -0.4 is 5.32 Å². The molecule has 0 atom stereocenters. The molecule has 0 aliphatic rings. The summed E-state index contributed by atoms with van der Waals surface area (Å²) in [5, 5.41) is 17.9. The normalized spacial score (nSPS) is 10.2. The second-order valence-electron chi connectivity index (χ2n) is 3.95. The van der Waals surface area contributed by atoms with Gasteiger partial charge >= 0.3 is 0 Å². The minimum Gasteiger partial charge on any atom is -0.374 e. The first kappa shape index (κ1) is 12.7. The van der Waals surface area contributed by atoms with Crippen molar-refractivity contribution in [1.82, 2.24) is 9.78 Å². The van der Waals surface area contributed by atoms with Crippen LogP contribution in [0.5, 0.6) is 0 Å². The number of nitro groups is 1. The summed E-state index contributed by atoms with van der Waals surface area (Å²) >= 11 is 0. The van der Waals surface area contributed by atoms with Gasteiger partial charge in [0.25, 0.3) is 5.69 Å². The Morgan fingerprint density at radius 2 is 2.26 bits per heavy atom. The van der Waals surface area contributed by atoms with Gasteiger partial charge < -0.3 is 5.32 Å². The largest absolute Gasteiger partial charge is 0.374 e. The highest BCUT2D eigenvalue weighted by Crippen LogP contribution is 2.25. The molecule has 19 heavy (non-hydrogen) atoms. The molecule has 0 bridgehead atoms. The molecule has 1 aromatic carbocycles. The van der Waals surface area contributed by atoms with Crippen LogP contribution in [0.25, 0.3) is 0 Å². The molecule has 7 heteroatoms. The summed E-state index contributed by atoms with van der Waals surface area (Å²) in [5.74, 6) is 0. The maximum atomic E-state index is 11.0. The molecule has 0 aliphatic heterocycles. The number of hydrogen-bond acceptors (Lipinski definition) is 5. The quantitative estimate of drug-likeness (QED) is 0.502. The minimum absolute atomic E-state index is 0.119. The summed E-state index contributed by atoms with van der Waals surface area (Å²) in [4.78, 5) is 21.1. The maximum Gasteiger partial charge on any atom is 0.293 e. The highest BCUT2D eigenvalue weighted by molar-refractivity contribution is 5.79. The average molecular weight is 260 g/mol. The number of nitrogens with one attached hydrogen (secondary N) is 1. The number of aryl methyl sites for hydroxylation is 1. The van der Waals surface area contributed by atoms with E-state index in [1.807, 2.05) is 6.07 Å². The molecule has 1 N–H and O–H groups in total. The first-order valence-corrected chi connectivity index (χ1v) is 5.56. The van der Waals surface area contributed by atoms with Crippen LogP contribution in [0.2, 0.25) is 0 Å². The van der Waals surface area contributed by atoms with Gasteiger partial charge in [-0.15, -0.1) is 0 Å². The van der Waals surface area contributed by atoms with Crippen molar-refractivity contribution in [2.75, 3.05) is 5.32 Å². The SMILES string of the molecule is Cn1nccc1CNc1ccc(C=O)cc1[N+](=O)[O-]. The number of aromatic nitrogens is 2. The van der Waals surface area contributed by atoms with Crippen LogP contribution in [0, 0.1) is 10.1 Å². The standard InChI is InChI=1S/C12H12N4O3/c1-15-10(4-5-14-15)7-13-11-3-2-9(8-17)6-12(11)16(18)19/h2-6,8,13H,7H2,1H3. The fourth-order valence-corrected chi connectivity index (χ4v) is 1.68. The van der Waals surface area contributed by atoms with Gasteiger partial charge in [0.1, 0.15) is 12.0 Å². The van der Waals surface area contributed by atoms with Crippen molar-refractivity contribution < 1.29 is 9.72 Å². The van der Waals surface area contributed by atoms with Crippen LogP contribution in [0.3, 0.4) is 0 Å². The van der Waals surface area contributed by atoms with Crippen LogP contribution in [-0.2, 0) is 13.6 Å². The third kappa shape index (κ3) is 2.76. The molecule has 98 valence electrons. The van der Waals surface area contributed by atoms with Crippen LogP contribution in [-0.4, -0.2) is 21.0 Å². The van der Waals surface area contributed by atoms with Gasteiger partial charge in [-0.05, 0) is 18.2 Å². The molecular weight excluding hydrogens is 248 g/mol. The Kier molecular flexibility index (Phi) is 3.56. The van der Waals surface area contributed by atoms with Crippen molar-refractivity contribution in [1.29, 1.82) is 0 Å². The Balaban J connectivity index is 2.22. The molecule has 7 nitrogen and oxygen atoms in total. The Morgan fingerprint density at radius 3 is 2.84 bits per heavy atom. The van der Waals surface area contributed by atoms with E-state index in [1.165, 1.54) is 18.2 Å². The van der Waals surface area contributed by atoms with E-state index in [0.717, 1.165) is 5.69 Å². The third-order valence-electron chi connectivity index (χ3n) is 2.74. The van der Waals surface area contributed by atoms with E-state index in [9.17, 15) is 14.9 Å². The number of aldehydes is 1. The van der Waals surface area contributed by atoms with Gasteiger partial charge in [-0.2, -0.15) is 5.10 Å². The number of rotatable bonds is 5. The molecule has 1 aromatic heterocycles. The van der Waals surface area contributed by atoms with Crippen molar-refractivity contribution in [3.05, 3.63) is 51.8 Å². The highest BCUT2D eigenvalue weighted by Gasteiger charge is 2.14. The summed E-state index contributed by atoms with van der Waals surface area (Å²) in [7, 11) is 1.79. The van der Waals surface area contributed by atoms with Crippen LogP contribution in [0.1, 0.15) is 16.1 Å². The number of nitrogens with zero attached hydrogens (tertiary/aromatic N) is 3. The lowest BCUT2D eigenvalue weighted by Crippen LogP contribution is -2.07. The topological polar surface area (TPSA) is 90.1 Å². The fourth-order valence-electron chi connectivity index (χ4n) is 1.68. The average Bonchev–Trinajstić information content (AvgIpc) is 2.81. The van der Waals surface area contributed by atoms with E-state index >= 15 is 0 Å². The van der Waals surface area contributed by atoms with Gasteiger partial charge in [0.15, 0.2) is 0 Å². The van der Waals surface area contributed by atoms with E-state index in [0.29, 0.717) is 18.5 Å². The molecule has 0 aliphatic carbocycles. The van der Waals surface area contributed by atoms with E-state index < -0.39 is 4.92 Å². The second-order valence-corrected chi connectivity index (χ2v) is 3.95. The Morgan fingerprint density at radius 1 is 1.47 bits per heavy atom. The number of carbonyl (C=O) groups excluding carboxylic acids is 1. The van der Waals surface area contributed by atoms with E-state index in [4.69, 9.17) is 0 Å². The Labute approximate surface area is 109 Å². The zero-order valence-electron chi connectivity index (χ0n) is 10.2. The lowest BCUT2D eigenvalue weighted by molar-refractivity contribution is -0.384. The molecule has 0 saturated heterocycles. The second kappa shape index (κ2) is 5.30. The molecule has 2 rings (SSSR count). The minimum atomic E-state index is -0.515. The highest BCUT2D eigenvalue weighted by atomic mass is 16.6. The van der Waals surface area contributed by atoms with Crippen molar-refractivity contribution in [2.24, 2.45) is 7.05 Å². The van der Waals surface area contributed by atoms with E-state index in [-0.39, 0.29) is 11.3 Å². The summed E-state index contributed by atoms with van der Waals surface area (Å²) in [6, 6.07) is 6.13. The predicted octanol–water partition coefficient (Wildman–Crippen LogP) is 1.75. The molecule has 1 heterocycles. The summed E-state index contributed by atoms with van der Waals surface area (Å²) in [6.45, 7) is 0.414. The number of benzene rings is 1. The summed E-state index contributed by atoms with van der Waals surface area (Å²) in [6.07, 6.45) is 2.23. The molecule has 0 radical (unpaired) electrons. The molecule has 0 fully saturated rings. The van der Waals surface area contributed by atoms with Gasteiger partial charge in [0.05, 0.1) is 17.2 Å². The van der Waals surface area contributed by atoms with E-state index in [2.05, 4.69) is 10.4 Å². The molecule has 0 saturated carbocycles. The Bertz CT molecular complexity index is 621. The third-order valence-corrected chi connectivity index (χ3v) is 2.74. The number of anilines is 1.